The highest BCUT2D eigenvalue weighted by Crippen LogP contribution is 2.30. The summed E-state index contributed by atoms with van der Waals surface area (Å²) in [6, 6.07) is 17.7. The van der Waals surface area contributed by atoms with E-state index < -0.39 is 0 Å². The molecule has 0 N–H and O–H groups in total. The van der Waals surface area contributed by atoms with Gasteiger partial charge < -0.3 is 4.90 Å². The summed E-state index contributed by atoms with van der Waals surface area (Å²) in [5, 5.41) is 0. The van der Waals surface area contributed by atoms with Crippen LogP contribution in [-0.4, -0.2) is 6.04 Å². The first-order valence-electron chi connectivity index (χ1n) is 6.51. The molecule has 0 aliphatic rings. The fourth-order valence-corrected chi connectivity index (χ4v) is 2.25. The van der Waals surface area contributed by atoms with E-state index in [9.17, 15) is 0 Å². The van der Waals surface area contributed by atoms with Crippen molar-refractivity contribution in [3.63, 3.8) is 0 Å². The van der Waals surface area contributed by atoms with Crippen LogP contribution in [0.2, 0.25) is 0 Å². The summed E-state index contributed by atoms with van der Waals surface area (Å²) >= 11 is 0. The molecule has 0 atom stereocenters. The van der Waals surface area contributed by atoms with Crippen LogP contribution in [0.15, 0.2) is 48.5 Å². The van der Waals surface area contributed by atoms with Crippen LogP contribution in [0.4, 0.5) is 11.4 Å². The van der Waals surface area contributed by atoms with E-state index in [1.165, 1.54) is 22.5 Å². The van der Waals surface area contributed by atoms with Gasteiger partial charge in [0.15, 0.2) is 0 Å². The summed E-state index contributed by atoms with van der Waals surface area (Å²) in [5.41, 5.74) is 5.15. The third-order valence-corrected chi connectivity index (χ3v) is 3.20. The first-order chi connectivity index (χ1) is 8.59. The van der Waals surface area contributed by atoms with Gasteiger partial charge in [-0.15, -0.1) is 0 Å². The Morgan fingerprint density at radius 1 is 0.833 bits per heavy atom. The lowest BCUT2D eigenvalue weighted by Gasteiger charge is -2.30. The maximum atomic E-state index is 2.38. The van der Waals surface area contributed by atoms with E-state index in [0.717, 1.165) is 0 Å². The Bertz CT molecular complexity index is 511. The van der Waals surface area contributed by atoms with Crippen LogP contribution in [0.1, 0.15) is 25.0 Å². The van der Waals surface area contributed by atoms with Gasteiger partial charge in [-0.2, -0.15) is 0 Å². The van der Waals surface area contributed by atoms with Crippen molar-refractivity contribution < 1.29 is 0 Å². The fraction of sp³-hybridized carbons (Fsp3) is 0.294. The zero-order valence-electron chi connectivity index (χ0n) is 11.6. The SMILES string of the molecule is Cc1ccc(N(c2ccccc2C)C(C)C)cc1. The van der Waals surface area contributed by atoms with Gasteiger partial charge in [0.05, 0.1) is 0 Å². The molecular formula is C17H21N. The average Bonchev–Trinajstić information content (AvgIpc) is 2.34. The van der Waals surface area contributed by atoms with Crippen LogP contribution in [0.5, 0.6) is 0 Å². The molecule has 0 saturated heterocycles. The van der Waals surface area contributed by atoms with Gasteiger partial charge in [-0.05, 0) is 51.5 Å². The van der Waals surface area contributed by atoms with Gasteiger partial charge in [-0.25, -0.2) is 0 Å². The quantitative estimate of drug-likeness (QED) is 0.740. The van der Waals surface area contributed by atoms with Crippen LogP contribution >= 0.6 is 0 Å². The van der Waals surface area contributed by atoms with Crippen LogP contribution < -0.4 is 4.90 Å². The molecule has 0 spiro atoms. The van der Waals surface area contributed by atoms with Gasteiger partial charge in [0, 0.05) is 17.4 Å². The van der Waals surface area contributed by atoms with Crippen LogP contribution in [0.25, 0.3) is 0 Å². The third-order valence-electron chi connectivity index (χ3n) is 3.20. The van der Waals surface area contributed by atoms with Crippen LogP contribution in [-0.2, 0) is 0 Å². The van der Waals surface area contributed by atoms with Gasteiger partial charge >= 0.3 is 0 Å². The molecule has 0 heterocycles. The highest BCUT2D eigenvalue weighted by molar-refractivity contribution is 5.67. The van der Waals surface area contributed by atoms with Gasteiger partial charge in [-0.3, -0.25) is 0 Å². The molecule has 0 radical (unpaired) electrons. The predicted molar refractivity (Wildman–Crippen MR) is 79.6 cm³/mol. The molecule has 18 heavy (non-hydrogen) atoms. The summed E-state index contributed by atoms with van der Waals surface area (Å²) in [7, 11) is 0. The number of para-hydroxylation sites is 1. The third kappa shape index (κ3) is 2.56. The maximum Gasteiger partial charge on any atom is 0.0442 e. The minimum Gasteiger partial charge on any atom is -0.339 e. The zero-order chi connectivity index (χ0) is 13.1. The predicted octanol–water partition coefficient (Wildman–Crippen LogP) is 4.85. The van der Waals surface area contributed by atoms with Gasteiger partial charge in [0.25, 0.3) is 0 Å². The minimum absolute atomic E-state index is 0.439. The average molecular weight is 239 g/mol. The standard InChI is InChI=1S/C17H21N/c1-13(2)18(16-11-9-14(3)10-12-16)17-8-6-5-7-15(17)4/h5-13H,1-4H3. The number of hydrogen-bond donors (Lipinski definition) is 0. The smallest absolute Gasteiger partial charge is 0.0442 e. The highest BCUT2D eigenvalue weighted by Gasteiger charge is 2.14. The first-order valence-corrected chi connectivity index (χ1v) is 6.51. The zero-order valence-corrected chi connectivity index (χ0v) is 11.6. The van der Waals surface area contributed by atoms with E-state index in [2.05, 4.69) is 81.1 Å². The van der Waals surface area contributed by atoms with Crippen molar-refractivity contribution >= 4 is 11.4 Å². The van der Waals surface area contributed by atoms with Crippen molar-refractivity contribution in [2.24, 2.45) is 0 Å². The minimum atomic E-state index is 0.439. The molecule has 1 heteroatoms. The summed E-state index contributed by atoms with van der Waals surface area (Å²) < 4.78 is 0. The van der Waals surface area contributed by atoms with Crippen molar-refractivity contribution in [2.45, 2.75) is 33.7 Å². The van der Waals surface area contributed by atoms with E-state index in [4.69, 9.17) is 0 Å². The van der Waals surface area contributed by atoms with Crippen molar-refractivity contribution in [3.8, 4) is 0 Å². The van der Waals surface area contributed by atoms with Crippen molar-refractivity contribution in [3.05, 3.63) is 59.7 Å². The molecule has 0 saturated carbocycles. The molecule has 0 aliphatic carbocycles. The summed E-state index contributed by atoms with van der Waals surface area (Å²) in [6.45, 7) is 8.74. The van der Waals surface area contributed by atoms with Crippen molar-refractivity contribution in [1.82, 2.24) is 0 Å². The number of aryl methyl sites for hydroxylation is 2. The first kappa shape index (κ1) is 12.7. The van der Waals surface area contributed by atoms with E-state index in [1.807, 2.05) is 0 Å². The van der Waals surface area contributed by atoms with Crippen molar-refractivity contribution in [1.29, 1.82) is 0 Å². The maximum absolute atomic E-state index is 2.38. The van der Waals surface area contributed by atoms with E-state index in [-0.39, 0.29) is 0 Å². The molecule has 0 aromatic heterocycles. The highest BCUT2D eigenvalue weighted by atomic mass is 15.2. The molecule has 94 valence electrons. The molecule has 2 aromatic carbocycles. The lowest BCUT2D eigenvalue weighted by Crippen LogP contribution is -2.26. The largest absolute Gasteiger partial charge is 0.339 e. The Balaban J connectivity index is 2.47. The van der Waals surface area contributed by atoms with E-state index in [1.54, 1.807) is 0 Å². The van der Waals surface area contributed by atoms with Crippen LogP contribution in [0, 0.1) is 13.8 Å². The molecule has 0 aliphatic heterocycles. The van der Waals surface area contributed by atoms with Gasteiger partial charge in [-0.1, -0.05) is 35.9 Å². The molecule has 0 amide bonds. The Morgan fingerprint density at radius 3 is 2.00 bits per heavy atom. The monoisotopic (exact) mass is 239 g/mol. The number of hydrogen-bond acceptors (Lipinski definition) is 1. The summed E-state index contributed by atoms with van der Waals surface area (Å²) in [5.74, 6) is 0. The van der Waals surface area contributed by atoms with E-state index >= 15 is 0 Å². The molecule has 0 unspecified atom stereocenters. The van der Waals surface area contributed by atoms with Gasteiger partial charge in [0.2, 0.25) is 0 Å². The second kappa shape index (κ2) is 5.26. The summed E-state index contributed by atoms with van der Waals surface area (Å²) in [4.78, 5) is 2.38. The number of rotatable bonds is 3. The number of nitrogens with zero attached hydrogens (tertiary/aromatic N) is 1. The molecule has 2 rings (SSSR count). The Kier molecular flexibility index (Phi) is 3.71. The topological polar surface area (TPSA) is 3.24 Å². The van der Waals surface area contributed by atoms with Crippen LogP contribution in [0.3, 0.4) is 0 Å². The lowest BCUT2D eigenvalue weighted by molar-refractivity contribution is 0.786. The fourth-order valence-electron chi connectivity index (χ4n) is 2.25. The van der Waals surface area contributed by atoms with Gasteiger partial charge in [0.1, 0.15) is 0 Å². The molecule has 1 nitrogen and oxygen atoms in total. The molecule has 2 aromatic rings. The second-order valence-corrected chi connectivity index (χ2v) is 5.09. The number of anilines is 2. The Morgan fingerprint density at radius 2 is 1.44 bits per heavy atom. The second-order valence-electron chi connectivity index (χ2n) is 5.09. The molecule has 0 fully saturated rings. The Labute approximate surface area is 110 Å². The summed E-state index contributed by atoms with van der Waals surface area (Å²) in [6.07, 6.45) is 0. The van der Waals surface area contributed by atoms with Crippen molar-refractivity contribution in [2.75, 3.05) is 4.90 Å². The molecule has 0 bridgehead atoms. The number of benzene rings is 2. The normalized spacial score (nSPS) is 10.7. The lowest BCUT2D eigenvalue weighted by atomic mass is 10.1. The van der Waals surface area contributed by atoms with E-state index in [0.29, 0.717) is 6.04 Å². The Hall–Kier alpha value is -1.76. The molecular weight excluding hydrogens is 218 g/mol.